The molecule has 138 valence electrons. The van der Waals surface area contributed by atoms with Gasteiger partial charge in [0.05, 0.1) is 27.9 Å². The molecule has 0 aromatic heterocycles. The minimum absolute atomic E-state index is 0.298. The second kappa shape index (κ2) is 9.46. The van der Waals surface area contributed by atoms with Gasteiger partial charge in [0.25, 0.3) is 5.91 Å². The van der Waals surface area contributed by atoms with Gasteiger partial charge in [-0.3, -0.25) is 4.79 Å². The predicted molar refractivity (Wildman–Crippen MR) is 102 cm³/mol. The Balaban J connectivity index is 1.91. The summed E-state index contributed by atoms with van der Waals surface area (Å²) in [4.78, 5) is 24.0. The van der Waals surface area contributed by atoms with Gasteiger partial charge in [-0.2, -0.15) is 0 Å². The molecule has 1 amide bonds. The van der Waals surface area contributed by atoms with E-state index >= 15 is 0 Å². The lowest BCUT2D eigenvalue weighted by molar-refractivity contribution is -0.119. The van der Waals surface area contributed by atoms with Gasteiger partial charge >= 0.3 is 5.97 Å². The third kappa shape index (κ3) is 5.38. The van der Waals surface area contributed by atoms with E-state index in [1.54, 1.807) is 43.3 Å². The van der Waals surface area contributed by atoms with Crippen LogP contribution in [0.4, 0.5) is 5.69 Å². The number of rotatable bonds is 7. The first kappa shape index (κ1) is 20.1. The topological polar surface area (TPSA) is 64.6 Å². The third-order valence-electron chi connectivity index (χ3n) is 3.45. The van der Waals surface area contributed by atoms with Gasteiger partial charge in [-0.25, -0.2) is 4.79 Å². The molecule has 0 spiro atoms. The van der Waals surface area contributed by atoms with Crippen LogP contribution < -0.4 is 10.1 Å². The van der Waals surface area contributed by atoms with Gasteiger partial charge in [0.2, 0.25) is 0 Å². The highest BCUT2D eigenvalue weighted by molar-refractivity contribution is 6.40. The zero-order valence-corrected chi connectivity index (χ0v) is 16.0. The van der Waals surface area contributed by atoms with Crippen LogP contribution in [-0.2, 0) is 9.53 Å². The lowest BCUT2D eigenvalue weighted by Gasteiger charge is -2.11. The monoisotopic (exact) mass is 395 g/mol. The SMILES string of the molecule is CCCOc1ccc(C(=O)OCC(=O)Nc2c(Cl)ccc(C)c2Cl)cc1. The molecule has 0 unspecified atom stereocenters. The zero-order valence-electron chi connectivity index (χ0n) is 14.5. The minimum Gasteiger partial charge on any atom is -0.494 e. The first-order chi connectivity index (χ1) is 12.4. The number of carbonyl (C=O) groups excluding carboxylic acids is 2. The van der Waals surface area contributed by atoms with E-state index in [9.17, 15) is 9.59 Å². The minimum atomic E-state index is -0.608. The smallest absolute Gasteiger partial charge is 0.338 e. The molecule has 0 bridgehead atoms. The van der Waals surface area contributed by atoms with E-state index in [4.69, 9.17) is 32.7 Å². The Morgan fingerprint density at radius 2 is 1.77 bits per heavy atom. The van der Waals surface area contributed by atoms with Crippen LogP contribution in [-0.4, -0.2) is 25.1 Å². The van der Waals surface area contributed by atoms with E-state index in [1.807, 2.05) is 6.92 Å². The van der Waals surface area contributed by atoms with Crippen LogP contribution in [0, 0.1) is 6.92 Å². The Morgan fingerprint density at radius 3 is 2.42 bits per heavy atom. The Labute approximate surface area is 162 Å². The molecule has 5 nitrogen and oxygen atoms in total. The summed E-state index contributed by atoms with van der Waals surface area (Å²) in [6.45, 7) is 3.96. The molecular weight excluding hydrogens is 377 g/mol. The summed E-state index contributed by atoms with van der Waals surface area (Å²) in [5.41, 5.74) is 1.40. The average Bonchev–Trinajstić information content (AvgIpc) is 2.65. The van der Waals surface area contributed by atoms with Crippen LogP contribution in [0.25, 0.3) is 0 Å². The molecule has 0 saturated heterocycles. The normalized spacial score (nSPS) is 10.3. The van der Waals surface area contributed by atoms with Gasteiger partial charge in [0.1, 0.15) is 5.75 Å². The summed E-state index contributed by atoms with van der Waals surface area (Å²) in [5.74, 6) is -0.468. The first-order valence-corrected chi connectivity index (χ1v) is 8.82. The van der Waals surface area contributed by atoms with E-state index in [2.05, 4.69) is 5.32 Å². The summed E-state index contributed by atoms with van der Waals surface area (Å²) in [7, 11) is 0. The summed E-state index contributed by atoms with van der Waals surface area (Å²) in [6, 6.07) is 9.90. The molecule has 0 aliphatic carbocycles. The third-order valence-corrected chi connectivity index (χ3v) is 4.25. The van der Waals surface area contributed by atoms with Crippen molar-refractivity contribution in [3.05, 3.63) is 57.6 Å². The molecule has 0 aliphatic rings. The molecule has 2 aromatic rings. The van der Waals surface area contributed by atoms with Crippen molar-refractivity contribution in [1.29, 1.82) is 0 Å². The van der Waals surface area contributed by atoms with Crippen molar-refractivity contribution in [2.75, 3.05) is 18.5 Å². The number of hydrogen-bond acceptors (Lipinski definition) is 4. The summed E-state index contributed by atoms with van der Waals surface area (Å²) in [6.07, 6.45) is 0.897. The quantitative estimate of drug-likeness (QED) is 0.677. The molecule has 7 heteroatoms. The van der Waals surface area contributed by atoms with E-state index in [0.717, 1.165) is 12.0 Å². The van der Waals surface area contributed by atoms with E-state index in [0.29, 0.717) is 33.7 Å². The molecule has 2 aromatic carbocycles. The highest BCUT2D eigenvalue weighted by atomic mass is 35.5. The second-order valence-corrected chi connectivity index (χ2v) is 6.34. The lowest BCUT2D eigenvalue weighted by Crippen LogP contribution is -2.21. The lowest BCUT2D eigenvalue weighted by atomic mass is 10.2. The Morgan fingerprint density at radius 1 is 1.08 bits per heavy atom. The molecule has 0 heterocycles. The van der Waals surface area contributed by atoms with Crippen molar-refractivity contribution in [1.82, 2.24) is 0 Å². The second-order valence-electron chi connectivity index (χ2n) is 5.55. The number of amides is 1. The predicted octanol–water partition coefficient (Wildman–Crippen LogP) is 4.89. The molecule has 26 heavy (non-hydrogen) atoms. The number of esters is 1. The summed E-state index contributed by atoms with van der Waals surface area (Å²) >= 11 is 12.2. The summed E-state index contributed by atoms with van der Waals surface area (Å²) < 4.78 is 10.5. The molecule has 0 fully saturated rings. The summed E-state index contributed by atoms with van der Waals surface area (Å²) in [5, 5.41) is 3.21. The standard InChI is InChI=1S/C19H19Cl2NO4/c1-3-10-25-14-7-5-13(6-8-14)19(24)26-11-16(23)22-18-15(20)9-4-12(2)17(18)21/h4-9H,3,10-11H2,1-2H3,(H,22,23). The van der Waals surface area contributed by atoms with Crippen LogP contribution in [0.3, 0.4) is 0 Å². The molecule has 0 saturated carbocycles. The molecule has 2 rings (SSSR count). The number of ether oxygens (including phenoxy) is 2. The van der Waals surface area contributed by atoms with Gasteiger partial charge in [0.15, 0.2) is 6.61 Å². The van der Waals surface area contributed by atoms with Crippen molar-refractivity contribution in [2.45, 2.75) is 20.3 Å². The van der Waals surface area contributed by atoms with Crippen LogP contribution in [0.2, 0.25) is 10.0 Å². The maximum atomic E-state index is 12.0. The van der Waals surface area contributed by atoms with Gasteiger partial charge in [-0.15, -0.1) is 0 Å². The van der Waals surface area contributed by atoms with Crippen molar-refractivity contribution >= 4 is 40.8 Å². The Bertz CT molecular complexity index is 791. The number of carbonyl (C=O) groups is 2. The number of halogens is 2. The Hall–Kier alpha value is -2.24. The van der Waals surface area contributed by atoms with Gasteiger partial charge in [-0.1, -0.05) is 36.2 Å². The van der Waals surface area contributed by atoms with E-state index in [-0.39, 0.29) is 0 Å². The average molecular weight is 396 g/mol. The number of hydrogen-bond donors (Lipinski definition) is 1. The highest BCUT2D eigenvalue weighted by Gasteiger charge is 2.14. The first-order valence-electron chi connectivity index (χ1n) is 8.06. The van der Waals surface area contributed by atoms with E-state index in [1.165, 1.54) is 0 Å². The molecule has 0 aliphatic heterocycles. The van der Waals surface area contributed by atoms with Crippen LogP contribution in [0.15, 0.2) is 36.4 Å². The number of aryl methyl sites for hydroxylation is 1. The van der Waals surface area contributed by atoms with Gasteiger partial charge in [0, 0.05) is 0 Å². The fraction of sp³-hybridized carbons (Fsp3) is 0.263. The van der Waals surface area contributed by atoms with E-state index < -0.39 is 18.5 Å². The zero-order chi connectivity index (χ0) is 19.1. The largest absolute Gasteiger partial charge is 0.494 e. The van der Waals surface area contributed by atoms with Crippen molar-refractivity contribution < 1.29 is 19.1 Å². The van der Waals surface area contributed by atoms with Crippen LogP contribution in [0.5, 0.6) is 5.75 Å². The van der Waals surface area contributed by atoms with Crippen LogP contribution in [0.1, 0.15) is 29.3 Å². The van der Waals surface area contributed by atoms with Gasteiger partial charge in [-0.05, 0) is 49.2 Å². The molecule has 0 atom stereocenters. The number of nitrogens with one attached hydrogen (secondary N) is 1. The van der Waals surface area contributed by atoms with Gasteiger partial charge < -0.3 is 14.8 Å². The maximum Gasteiger partial charge on any atom is 0.338 e. The molecule has 1 N–H and O–H groups in total. The maximum absolute atomic E-state index is 12.0. The van der Waals surface area contributed by atoms with Crippen LogP contribution >= 0.6 is 23.2 Å². The number of benzene rings is 2. The molecule has 0 radical (unpaired) electrons. The van der Waals surface area contributed by atoms with Crippen molar-refractivity contribution in [3.63, 3.8) is 0 Å². The Kier molecular flexibility index (Phi) is 7.30. The van der Waals surface area contributed by atoms with Crippen molar-refractivity contribution in [3.8, 4) is 5.75 Å². The highest BCUT2D eigenvalue weighted by Crippen LogP contribution is 2.32. The number of anilines is 1. The fourth-order valence-electron chi connectivity index (χ4n) is 2.07. The molecular formula is C19H19Cl2NO4. The fourth-order valence-corrected chi connectivity index (χ4v) is 2.53. The van der Waals surface area contributed by atoms with Crippen molar-refractivity contribution in [2.24, 2.45) is 0 Å².